The summed E-state index contributed by atoms with van der Waals surface area (Å²) in [5, 5.41) is 0. The smallest absolute Gasteiger partial charge is 0.413 e. The quantitative estimate of drug-likeness (QED) is 0.765. The Balaban J connectivity index is 1.86. The molecule has 0 unspecified atom stereocenters. The van der Waals surface area contributed by atoms with Gasteiger partial charge in [-0.3, -0.25) is 9.69 Å². The van der Waals surface area contributed by atoms with Gasteiger partial charge in [0.25, 0.3) is 6.47 Å². The lowest BCUT2D eigenvalue weighted by Crippen LogP contribution is -2.37. The summed E-state index contributed by atoms with van der Waals surface area (Å²) in [6, 6.07) is 9.45. The molecule has 1 aliphatic rings. The zero-order valence-electron chi connectivity index (χ0n) is 9.95. The molecular formula is C13H15NO4. The third-order valence-electron chi connectivity index (χ3n) is 2.85. The van der Waals surface area contributed by atoms with E-state index in [1.807, 2.05) is 30.3 Å². The number of amides is 1. The average Bonchev–Trinajstić information content (AvgIpc) is 2.86. The van der Waals surface area contributed by atoms with Gasteiger partial charge in [0, 0.05) is 13.0 Å². The van der Waals surface area contributed by atoms with Crippen LogP contribution in [-0.4, -0.2) is 30.2 Å². The van der Waals surface area contributed by atoms with Crippen molar-refractivity contribution in [2.75, 3.05) is 6.54 Å². The molecule has 0 aromatic heterocycles. The fourth-order valence-corrected chi connectivity index (χ4v) is 1.95. The molecule has 1 saturated heterocycles. The molecule has 5 heteroatoms. The molecule has 1 aromatic carbocycles. The Morgan fingerprint density at radius 3 is 2.89 bits per heavy atom. The third-order valence-corrected chi connectivity index (χ3v) is 2.85. The summed E-state index contributed by atoms with van der Waals surface area (Å²) in [5.74, 6) is 0. The van der Waals surface area contributed by atoms with Crippen molar-refractivity contribution in [1.29, 1.82) is 0 Å². The van der Waals surface area contributed by atoms with E-state index in [0.717, 1.165) is 12.0 Å². The van der Waals surface area contributed by atoms with Crippen LogP contribution in [0, 0.1) is 0 Å². The predicted molar refractivity (Wildman–Crippen MR) is 63.5 cm³/mol. The summed E-state index contributed by atoms with van der Waals surface area (Å²) in [5.41, 5.74) is 0.929. The predicted octanol–water partition coefficient (Wildman–Crippen LogP) is 1.92. The number of hydrogen-bond donors (Lipinski definition) is 0. The van der Waals surface area contributed by atoms with Crippen LogP contribution in [0.2, 0.25) is 0 Å². The topological polar surface area (TPSA) is 55.8 Å². The summed E-state index contributed by atoms with van der Waals surface area (Å²) in [7, 11) is 0. The maximum Gasteiger partial charge on any atom is 0.413 e. The van der Waals surface area contributed by atoms with Gasteiger partial charge in [-0.05, 0) is 12.0 Å². The molecule has 1 amide bonds. The second-order valence-electron chi connectivity index (χ2n) is 4.06. The zero-order valence-corrected chi connectivity index (χ0v) is 9.95. The molecule has 1 aliphatic heterocycles. The lowest BCUT2D eigenvalue weighted by molar-refractivity contribution is -0.139. The van der Waals surface area contributed by atoms with E-state index in [1.54, 1.807) is 0 Å². The van der Waals surface area contributed by atoms with Crippen LogP contribution in [0.5, 0.6) is 0 Å². The molecule has 18 heavy (non-hydrogen) atoms. The Hall–Kier alpha value is -2.04. The highest BCUT2D eigenvalue weighted by molar-refractivity contribution is 5.68. The molecule has 2 rings (SSSR count). The molecule has 1 heterocycles. The molecule has 1 fully saturated rings. The van der Waals surface area contributed by atoms with E-state index in [4.69, 9.17) is 9.47 Å². The van der Waals surface area contributed by atoms with Crippen LogP contribution in [0.1, 0.15) is 18.4 Å². The van der Waals surface area contributed by atoms with E-state index in [2.05, 4.69) is 0 Å². The molecule has 0 N–H and O–H groups in total. The van der Waals surface area contributed by atoms with Gasteiger partial charge in [-0.2, -0.15) is 0 Å². The molecule has 5 nitrogen and oxygen atoms in total. The Morgan fingerprint density at radius 1 is 1.39 bits per heavy atom. The number of benzene rings is 1. The monoisotopic (exact) mass is 249 g/mol. The maximum absolute atomic E-state index is 11.8. The lowest BCUT2D eigenvalue weighted by Gasteiger charge is -2.22. The Bertz CT molecular complexity index is 407. The summed E-state index contributed by atoms with van der Waals surface area (Å²) in [4.78, 5) is 23.6. The van der Waals surface area contributed by atoms with Crippen LogP contribution in [0.15, 0.2) is 30.3 Å². The molecule has 1 atom stereocenters. The van der Waals surface area contributed by atoms with Crippen molar-refractivity contribution in [2.24, 2.45) is 0 Å². The maximum atomic E-state index is 11.8. The number of carbonyl (C=O) groups is 2. The minimum atomic E-state index is -0.481. The van der Waals surface area contributed by atoms with Gasteiger partial charge in [-0.1, -0.05) is 30.3 Å². The van der Waals surface area contributed by atoms with E-state index >= 15 is 0 Å². The highest BCUT2D eigenvalue weighted by Gasteiger charge is 2.31. The number of rotatable bonds is 4. The van der Waals surface area contributed by atoms with Gasteiger partial charge < -0.3 is 9.47 Å². The Labute approximate surface area is 105 Å². The average molecular weight is 249 g/mol. The van der Waals surface area contributed by atoms with Gasteiger partial charge in [-0.15, -0.1) is 0 Å². The third kappa shape index (κ3) is 3.00. The number of likely N-dealkylation sites (tertiary alicyclic amines) is 1. The van der Waals surface area contributed by atoms with Crippen LogP contribution >= 0.6 is 0 Å². The Morgan fingerprint density at radius 2 is 2.17 bits per heavy atom. The number of hydrogen-bond acceptors (Lipinski definition) is 4. The molecule has 0 bridgehead atoms. The van der Waals surface area contributed by atoms with E-state index < -0.39 is 12.3 Å². The second kappa shape index (κ2) is 6.05. The van der Waals surface area contributed by atoms with Crippen LogP contribution < -0.4 is 0 Å². The van der Waals surface area contributed by atoms with E-state index in [9.17, 15) is 9.59 Å². The van der Waals surface area contributed by atoms with Gasteiger partial charge in [0.15, 0.2) is 6.23 Å². The standard InChI is InChI=1S/C13H15NO4/c15-10-18-12-7-4-8-14(12)13(16)17-9-11-5-2-1-3-6-11/h1-3,5-6,10,12H,4,7-9H2/t12-/m1/s1. The molecule has 0 radical (unpaired) electrons. The molecular weight excluding hydrogens is 234 g/mol. The molecule has 1 aromatic rings. The first-order valence-electron chi connectivity index (χ1n) is 5.87. The van der Waals surface area contributed by atoms with Crippen LogP contribution in [-0.2, 0) is 20.9 Å². The Kier molecular flexibility index (Phi) is 4.17. The van der Waals surface area contributed by atoms with Crippen molar-refractivity contribution >= 4 is 12.6 Å². The van der Waals surface area contributed by atoms with Gasteiger partial charge in [0.1, 0.15) is 6.61 Å². The van der Waals surface area contributed by atoms with Gasteiger partial charge in [-0.25, -0.2) is 4.79 Å². The minimum absolute atomic E-state index is 0.226. The molecule has 96 valence electrons. The number of carbonyl (C=O) groups excluding carboxylic acids is 2. The van der Waals surface area contributed by atoms with Gasteiger partial charge in [0.2, 0.25) is 0 Å². The molecule has 0 saturated carbocycles. The van der Waals surface area contributed by atoms with Crippen molar-refractivity contribution in [1.82, 2.24) is 4.90 Å². The van der Waals surface area contributed by atoms with E-state index in [0.29, 0.717) is 19.4 Å². The highest BCUT2D eigenvalue weighted by atomic mass is 16.6. The van der Waals surface area contributed by atoms with Crippen molar-refractivity contribution in [3.8, 4) is 0 Å². The van der Waals surface area contributed by atoms with Crippen LogP contribution in [0.3, 0.4) is 0 Å². The summed E-state index contributed by atoms with van der Waals surface area (Å²) >= 11 is 0. The van der Waals surface area contributed by atoms with Crippen molar-refractivity contribution < 1.29 is 19.1 Å². The van der Waals surface area contributed by atoms with Gasteiger partial charge in [0.05, 0.1) is 0 Å². The fraction of sp³-hybridized carbons (Fsp3) is 0.385. The van der Waals surface area contributed by atoms with Crippen molar-refractivity contribution in [3.05, 3.63) is 35.9 Å². The normalized spacial score (nSPS) is 18.4. The van der Waals surface area contributed by atoms with Crippen molar-refractivity contribution in [3.63, 3.8) is 0 Å². The fourth-order valence-electron chi connectivity index (χ4n) is 1.95. The zero-order chi connectivity index (χ0) is 12.8. The van der Waals surface area contributed by atoms with Crippen molar-refractivity contribution in [2.45, 2.75) is 25.7 Å². The second-order valence-corrected chi connectivity index (χ2v) is 4.06. The summed E-state index contributed by atoms with van der Waals surface area (Å²) < 4.78 is 10.0. The number of ether oxygens (including phenoxy) is 2. The van der Waals surface area contributed by atoms with E-state index in [-0.39, 0.29) is 6.61 Å². The summed E-state index contributed by atoms with van der Waals surface area (Å²) in [6.45, 7) is 1.16. The highest BCUT2D eigenvalue weighted by Crippen LogP contribution is 2.19. The molecule has 0 spiro atoms. The molecule has 0 aliphatic carbocycles. The first-order chi connectivity index (χ1) is 8.81. The van der Waals surface area contributed by atoms with Crippen LogP contribution in [0.25, 0.3) is 0 Å². The first-order valence-corrected chi connectivity index (χ1v) is 5.87. The lowest BCUT2D eigenvalue weighted by atomic mass is 10.2. The van der Waals surface area contributed by atoms with E-state index in [1.165, 1.54) is 4.90 Å². The minimum Gasteiger partial charge on any atom is -0.444 e. The largest absolute Gasteiger partial charge is 0.444 e. The number of nitrogens with zero attached hydrogens (tertiary/aromatic N) is 1. The summed E-state index contributed by atoms with van der Waals surface area (Å²) in [6.07, 6.45) is 0.562. The first kappa shape index (κ1) is 12.4. The van der Waals surface area contributed by atoms with Gasteiger partial charge >= 0.3 is 6.09 Å². The SMILES string of the molecule is O=CO[C@@H]1CCCN1C(=O)OCc1ccccc1. The van der Waals surface area contributed by atoms with Crippen LogP contribution in [0.4, 0.5) is 4.79 Å².